The number of allylic oxidation sites excluding steroid dienone is 3. The first kappa shape index (κ1) is 88.3. The van der Waals surface area contributed by atoms with Gasteiger partial charge in [-0.3, -0.25) is 9.59 Å². The third kappa shape index (κ3) is 75.4. The first-order chi connectivity index (χ1) is 44.5. The summed E-state index contributed by atoms with van der Waals surface area (Å²) in [6, 6.07) is -0.626. The number of unbranched alkanes of at least 4 members (excludes halogenated alkanes) is 66. The molecule has 1 amide bonds. The predicted molar refractivity (Wildman–Crippen MR) is 398 cm³/mol. The van der Waals surface area contributed by atoms with E-state index in [0.29, 0.717) is 19.4 Å². The molecule has 0 heterocycles. The highest BCUT2D eigenvalue weighted by atomic mass is 16.5. The zero-order chi connectivity index (χ0) is 64.9. The highest BCUT2D eigenvalue weighted by Crippen LogP contribution is 2.20. The van der Waals surface area contributed by atoms with E-state index < -0.39 is 12.1 Å². The minimum Gasteiger partial charge on any atom is -0.466 e. The van der Waals surface area contributed by atoms with Crippen molar-refractivity contribution in [2.75, 3.05) is 13.2 Å². The van der Waals surface area contributed by atoms with Crippen LogP contribution in [0, 0.1) is 0 Å². The maximum Gasteiger partial charge on any atom is 0.305 e. The highest BCUT2D eigenvalue weighted by Gasteiger charge is 2.18. The van der Waals surface area contributed by atoms with Crippen LogP contribution in [-0.2, 0) is 14.3 Å². The van der Waals surface area contributed by atoms with Gasteiger partial charge in [0.2, 0.25) is 5.91 Å². The summed E-state index contributed by atoms with van der Waals surface area (Å²) < 4.78 is 5.52. The van der Waals surface area contributed by atoms with Crippen LogP contribution in [0.25, 0.3) is 0 Å². The molecule has 6 heteroatoms. The molecular formula is C84H163NO5. The number of aliphatic hydroxyl groups is 2. The number of esters is 1. The van der Waals surface area contributed by atoms with Crippen LogP contribution in [0.3, 0.4) is 0 Å². The second kappa shape index (κ2) is 79.8. The maximum atomic E-state index is 12.6. The van der Waals surface area contributed by atoms with Crippen LogP contribution in [0.2, 0.25) is 0 Å². The number of carbonyl (C=O) groups is 2. The molecule has 0 saturated heterocycles. The number of nitrogens with one attached hydrogen (secondary N) is 1. The number of ether oxygens (including phenoxy) is 1. The molecule has 6 nitrogen and oxygen atoms in total. The average molecular weight is 1270 g/mol. The van der Waals surface area contributed by atoms with Gasteiger partial charge in [-0.2, -0.15) is 0 Å². The zero-order valence-electron chi connectivity index (χ0n) is 61.4. The fraction of sp³-hybridized carbons (Fsp3) is 0.929. The Labute approximate surface area is 564 Å². The van der Waals surface area contributed by atoms with Crippen molar-refractivity contribution in [2.45, 2.75) is 488 Å². The lowest BCUT2D eigenvalue weighted by molar-refractivity contribution is -0.143. The number of hydrogen-bond acceptors (Lipinski definition) is 5. The molecule has 0 aromatic carbocycles. The van der Waals surface area contributed by atoms with Crippen molar-refractivity contribution in [3.63, 3.8) is 0 Å². The van der Waals surface area contributed by atoms with Gasteiger partial charge in [0.25, 0.3) is 0 Å². The molecule has 0 aliphatic rings. The van der Waals surface area contributed by atoms with E-state index in [9.17, 15) is 19.8 Å². The molecule has 0 aromatic heterocycles. The quantitative estimate of drug-likeness (QED) is 0.0320. The minimum absolute atomic E-state index is 0.0206. The van der Waals surface area contributed by atoms with E-state index >= 15 is 0 Å². The molecule has 0 radical (unpaired) electrons. The Morgan fingerprint density at radius 2 is 0.522 bits per heavy atom. The van der Waals surface area contributed by atoms with Crippen LogP contribution in [0.5, 0.6) is 0 Å². The molecule has 3 N–H and O–H groups in total. The van der Waals surface area contributed by atoms with Crippen molar-refractivity contribution in [1.29, 1.82) is 0 Å². The normalized spacial score (nSPS) is 12.5. The van der Waals surface area contributed by atoms with Gasteiger partial charge in [-0.15, -0.1) is 0 Å². The van der Waals surface area contributed by atoms with Gasteiger partial charge in [-0.25, -0.2) is 0 Å². The molecule has 0 aromatic rings. The van der Waals surface area contributed by atoms with E-state index in [0.717, 1.165) is 38.5 Å². The van der Waals surface area contributed by atoms with Crippen LogP contribution < -0.4 is 5.32 Å². The van der Waals surface area contributed by atoms with Crippen molar-refractivity contribution in [1.82, 2.24) is 5.32 Å². The Balaban J connectivity index is 3.35. The van der Waals surface area contributed by atoms with Crippen LogP contribution >= 0.6 is 0 Å². The lowest BCUT2D eigenvalue weighted by Crippen LogP contribution is -2.45. The summed E-state index contributed by atoms with van der Waals surface area (Å²) in [6.07, 6.45) is 103. The minimum atomic E-state index is -0.843. The molecule has 2 atom stereocenters. The van der Waals surface area contributed by atoms with Crippen molar-refractivity contribution in [3.05, 3.63) is 24.3 Å². The van der Waals surface area contributed by atoms with Gasteiger partial charge in [-0.1, -0.05) is 430 Å². The summed E-state index contributed by atoms with van der Waals surface area (Å²) in [5.41, 5.74) is 0. The van der Waals surface area contributed by atoms with Gasteiger partial charge in [0.1, 0.15) is 0 Å². The molecular weight excluding hydrogens is 1100 g/mol. The standard InChI is InChI=1S/C84H163NO5/c1-3-5-7-9-11-13-15-17-19-21-23-24-25-34-37-41-44-48-52-56-60-64-68-72-76-82(87)81(80-86)85-83(88)77-73-69-65-61-57-53-49-45-42-38-35-32-30-28-26-27-29-31-33-36-39-43-47-51-55-59-63-67-71-75-79-90-84(89)78-74-70-66-62-58-54-50-46-40-22-20-18-16-14-12-10-8-6-4-2/h18,20,72,76,81-82,86-87H,3-17,19,21-71,73-75,77-80H2,1-2H3,(H,85,88)/b20-18-,76-72+. The third-order valence-corrected chi connectivity index (χ3v) is 19.7. The predicted octanol–water partition coefficient (Wildman–Crippen LogP) is 27.6. The van der Waals surface area contributed by atoms with Gasteiger partial charge in [-0.05, 0) is 57.8 Å². The topological polar surface area (TPSA) is 95.9 Å². The van der Waals surface area contributed by atoms with Crippen LogP contribution in [0.1, 0.15) is 476 Å². The van der Waals surface area contributed by atoms with Crippen molar-refractivity contribution in [3.8, 4) is 0 Å². The summed E-state index contributed by atoms with van der Waals surface area (Å²) in [4.78, 5) is 24.7. The molecule has 2 unspecified atom stereocenters. The Morgan fingerprint density at radius 3 is 0.789 bits per heavy atom. The number of rotatable bonds is 79. The first-order valence-corrected chi connectivity index (χ1v) is 41.6. The molecule has 0 spiro atoms. The van der Waals surface area contributed by atoms with E-state index in [1.54, 1.807) is 6.08 Å². The molecule has 0 aliphatic heterocycles. The smallest absolute Gasteiger partial charge is 0.305 e. The van der Waals surface area contributed by atoms with Gasteiger partial charge >= 0.3 is 5.97 Å². The molecule has 0 bridgehead atoms. The molecule has 534 valence electrons. The van der Waals surface area contributed by atoms with Crippen molar-refractivity contribution >= 4 is 11.9 Å². The Morgan fingerprint density at radius 1 is 0.300 bits per heavy atom. The van der Waals surface area contributed by atoms with Gasteiger partial charge in [0.15, 0.2) is 0 Å². The van der Waals surface area contributed by atoms with Gasteiger partial charge in [0.05, 0.1) is 25.4 Å². The Kier molecular flexibility index (Phi) is 78.3. The largest absolute Gasteiger partial charge is 0.466 e. The molecule has 90 heavy (non-hydrogen) atoms. The molecule has 0 rings (SSSR count). The van der Waals surface area contributed by atoms with Crippen LogP contribution in [0.4, 0.5) is 0 Å². The molecule has 0 saturated carbocycles. The Bertz CT molecular complexity index is 1410. The second-order valence-electron chi connectivity index (χ2n) is 28.8. The first-order valence-electron chi connectivity index (χ1n) is 41.6. The summed E-state index contributed by atoms with van der Waals surface area (Å²) in [7, 11) is 0. The third-order valence-electron chi connectivity index (χ3n) is 19.7. The highest BCUT2D eigenvalue weighted by molar-refractivity contribution is 5.76. The maximum absolute atomic E-state index is 12.6. The number of hydrogen-bond donors (Lipinski definition) is 3. The monoisotopic (exact) mass is 1270 g/mol. The van der Waals surface area contributed by atoms with Crippen LogP contribution in [-0.4, -0.2) is 47.4 Å². The Hall–Kier alpha value is -1.66. The lowest BCUT2D eigenvalue weighted by Gasteiger charge is -2.20. The molecule has 0 aliphatic carbocycles. The second-order valence-corrected chi connectivity index (χ2v) is 28.8. The van der Waals surface area contributed by atoms with E-state index in [4.69, 9.17) is 4.74 Å². The fourth-order valence-electron chi connectivity index (χ4n) is 13.4. The number of aliphatic hydroxyl groups excluding tert-OH is 2. The van der Waals surface area contributed by atoms with Gasteiger partial charge < -0.3 is 20.3 Å². The van der Waals surface area contributed by atoms with Crippen molar-refractivity contribution in [2.24, 2.45) is 0 Å². The van der Waals surface area contributed by atoms with E-state index in [2.05, 4.69) is 31.3 Å². The summed E-state index contributed by atoms with van der Waals surface area (Å²) in [6.45, 7) is 4.96. The SMILES string of the molecule is CCCCCCCC/C=C\CCCCCCCCCCCC(=O)OCCCCCCCCCCCCCCCCCCCCCCCCCCCCCCCCC(=O)NC(CO)C(O)/C=C/CCCCCCCCCCCCCCCCCCCCCCCC. The number of amides is 1. The number of carbonyl (C=O) groups excluding carboxylic acids is 2. The summed E-state index contributed by atoms with van der Waals surface area (Å²) in [5, 5.41) is 23.3. The fourth-order valence-corrected chi connectivity index (χ4v) is 13.4. The summed E-state index contributed by atoms with van der Waals surface area (Å²) >= 11 is 0. The van der Waals surface area contributed by atoms with E-state index in [1.807, 2.05) is 6.08 Å². The van der Waals surface area contributed by atoms with E-state index in [1.165, 1.54) is 411 Å². The van der Waals surface area contributed by atoms with E-state index in [-0.39, 0.29) is 18.5 Å². The van der Waals surface area contributed by atoms with Crippen LogP contribution in [0.15, 0.2) is 24.3 Å². The average Bonchev–Trinajstić information content (AvgIpc) is 3.68. The summed E-state index contributed by atoms with van der Waals surface area (Å²) in [5.74, 6) is -0.0378. The lowest BCUT2D eigenvalue weighted by atomic mass is 10.0. The van der Waals surface area contributed by atoms with Crippen molar-refractivity contribution < 1.29 is 24.5 Å². The van der Waals surface area contributed by atoms with Gasteiger partial charge in [0, 0.05) is 12.8 Å². The molecule has 0 fully saturated rings. The zero-order valence-corrected chi connectivity index (χ0v) is 61.4.